The quantitative estimate of drug-likeness (QED) is 0.732. The molecule has 15 heavy (non-hydrogen) atoms. The zero-order valence-corrected chi connectivity index (χ0v) is 10.4. The maximum atomic E-state index is 3.46. The summed E-state index contributed by atoms with van der Waals surface area (Å²) in [5.74, 6) is 0. The van der Waals surface area contributed by atoms with E-state index < -0.39 is 0 Å². The highest BCUT2D eigenvalue weighted by atomic mass is 14.9. The summed E-state index contributed by atoms with van der Waals surface area (Å²) in [6.45, 7) is 11.6. The van der Waals surface area contributed by atoms with Gasteiger partial charge in [0.05, 0.1) is 0 Å². The lowest BCUT2D eigenvalue weighted by Gasteiger charge is -2.12. The van der Waals surface area contributed by atoms with Gasteiger partial charge in [0.2, 0.25) is 0 Å². The molecule has 1 N–H and O–H groups in total. The zero-order valence-electron chi connectivity index (χ0n) is 10.4. The molecule has 0 amide bonds. The fraction of sp³-hybridized carbons (Fsp3) is 0.429. The molecule has 0 aliphatic rings. The molecule has 82 valence electrons. The lowest BCUT2D eigenvalue weighted by atomic mass is 10.1. The molecular formula is C14H21N. The van der Waals surface area contributed by atoms with Gasteiger partial charge < -0.3 is 5.32 Å². The lowest BCUT2D eigenvalue weighted by Crippen LogP contribution is -2.03. The Morgan fingerprint density at radius 1 is 1.13 bits per heavy atom. The minimum absolute atomic E-state index is 0.910. The number of hydrogen-bond acceptors (Lipinski definition) is 1. The van der Waals surface area contributed by atoms with Crippen molar-refractivity contribution in [1.29, 1.82) is 0 Å². The van der Waals surface area contributed by atoms with Gasteiger partial charge in [0.1, 0.15) is 0 Å². The van der Waals surface area contributed by atoms with Crippen molar-refractivity contribution >= 4 is 5.69 Å². The first-order valence-corrected chi connectivity index (χ1v) is 5.46. The summed E-state index contributed by atoms with van der Waals surface area (Å²) in [5, 5.41) is 3.46. The Morgan fingerprint density at radius 3 is 2.13 bits per heavy atom. The molecule has 1 heteroatoms. The monoisotopic (exact) mass is 203 g/mol. The van der Waals surface area contributed by atoms with Crippen molar-refractivity contribution in [2.45, 2.75) is 34.6 Å². The van der Waals surface area contributed by atoms with Crippen LogP contribution in [-0.4, -0.2) is 6.54 Å². The number of nitrogens with one attached hydrogen (secondary N) is 1. The van der Waals surface area contributed by atoms with Gasteiger partial charge in [0, 0.05) is 12.2 Å². The van der Waals surface area contributed by atoms with Crippen molar-refractivity contribution in [3.8, 4) is 0 Å². The fourth-order valence-electron chi connectivity index (χ4n) is 1.82. The van der Waals surface area contributed by atoms with Gasteiger partial charge in [-0.15, -0.1) is 0 Å². The Morgan fingerprint density at radius 2 is 1.67 bits per heavy atom. The van der Waals surface area contributed by atoms with E-state index in [9.17, 15) is 0 Å². The van der Waals surface area contributed by atoms with Crippen LogP contribution < -0.4 is 5.32 Å². The van der Waals surface area contributed by atoms with Crippen molar-refractivity contribution in [1.82, 2.24) is 0 Å². The van der Waals surface area contributed by atoms with E-state index in [1.54, 1.807) is 0 Å². The molecular weight excluding hydrogens is 182 g/mol. The number of anilines is 1. The van der Waals surface area contributed by atoms with Crippen LogP contribution in [0.15, 0.2) is 23.8 Å². The van der Waals surface area contributed by atoms with Gasteiger partial charge in [-0.3, -0.25) is 0 Å². The van der Waals surface area contributed by atoms with Crippen LogP contribution in [0, 0.1) is 20.8 Å². The molecule has 1 nitrogen and oxygen atoms in total. The van der Waals surface area contributed by atoms with Gasteiger partial charge in [-0.25, -0.2) is 0 Å². The van der Waals surface area contributed by atoms with Gasteiger partial charge in [-0.05, 0) is 45.7 Å². The molecule has 0 unspecified atom stereocenters. The summed E-state index contributed by atoms with van der Waals surface area (Å²) in [7, 11) is 0. The molecule has 0 atom stereocenters. The summed E-state index contributed by atoms with van der Waals surface area (Å²) in [4.78, 5) is 0. The largest absolute Gasteiger partial charge is 0.381 e. The molecule has 0 fully saturated rings. The number of aryl methyl sites for hydroxylation is 3. The van der Waals surface area contributed by atoms with Gasteiger partial charge >= 0.3 is 0 Å². The molecule has 0 saturated carbocycles. The van der Waals surface area contributed by atoms with Crippen molar-refractivity contribution < 1.29 is 0 Å². The van der Waals surface area contributed by atoms with Crippen LogP contribution in [0.2, 0.25) is 0 Å². The molecule has 0 radical (unpaired) electrons. The van der Waals surface area contributed by atoms with Crippen LogP contribution in [0.3, 0.4) is 0 Å². The second-order valence-electron chi connectivity index (χ2n) is 4.44. The predicted octanol–water partition coefficient (Wildman–Crippen LogP) is 3.99. The Balaban J connectivity index is 2.81. The van der Waals surface area contributed by atoms with E-state index in [0.717, 1.165) is 6.54 Å². The number of benzene rings is 1. The topological polar surface area (TPSA) is 12.0 Å². The van der Waals surface area contributed by atoms with E-state index in [2.05, 4.69) is 58.1 Å². The van der Waals surface area contributed by atoms with Crippen molar-refractivity contribution in [2.24, 2.45) is 0 Å². The van der Waals surface area contributed by atoms with E-state index in [0.29, 0.717) is 0 Å². The highest BCUT2D eigenvalue weighted by Crippen LogP contribution is 2.21. The second kappa shape index (κ2) is 5.01. The van der Waals surface area contributed by atoms with E-state index >= 15 is 0 Å². The van der Waals surface area contributed by atoms with Crippen LogP contribution in [0.4, 0.5) is 5.69 Å². The van der Waals surface area contributed by atoms with Gasteiger partial charge in [0.25, 0.3) is 0 Å². The molecule has 0 aliphatic heterocycles. The average Bonchev–Trinajstić information content (AvgIpc) is 2.08. The van der Waals surface area contributed by atoms with Gasteiger partial charge in [-0.1, -0.05) is 29.3 Å². The number of allylic oxidation sites excluding steroid dienone is 1. The summed E-state index contributed by atoms with van der Waals surface area (Å²) in [6, 6.07) is 4.44. The SMILES string of the molecule is CC(C)=CCNc1c(C)cc(C)cc1C. The minimum Gasteiger partial charge on any atom is -0.381 e. The Bertz CT molecular complexity index is 348. The minimum atomic E-state index is 0.910. The highest BCUT2D eigenvalue weighted by molar-refractivity contribution is 5.58. The predicted molar refractivity (Wildman–Crippen MR) is 68.6 cm³/mol. The Kier molecular flexibility index (Phi) is 3.96. The van der Waals surface area contributed by atoms with E-state index in [1.165, 1.54) is 28.0 Å². The smallest absolute Gasteiger partial charge is 0.0402 e. The van der Waals surface area contributed by atoms with Crippen LogP contribution in [0.25, 0.3) is 0 Å². The normalized spacial score (nSPS) is 9.93. The summed E-state index contributed by atoms with van der Waals surface area (Å²) >= 11 is 0. The summed E-state index contributed by atoms with van der Waals surface area (Å²) in [5.41, 5.74) is 6.62. The number of rotatable bonds is 3. The van der Waals surface area contributed by atoms with Gasteiger partial charge in [0.15, 0.2) is 0 Å². The van der Waals surface area contributed by atoms with E-state index in [-0.39, 0.29) is 0 Å². The standard InChI is InChI=1S/C14H21N/c1-10(2)6-7-15-14-12(4)8-11(3)9-13(14)5/h6,8-9,15H,7H2,1-5H3. The first-order valence-electron chi connectivity index (χ1n) is 5.46. The molecule has 0 bridgehead atoms. The molecule has 0 heterocycles. The molecule has 0 aliphatic carbocycles. The highest BCUT2D eigenvalue weighted by Gasteiger charge is 2.01. The lowest BCUT2D eigenvalue weighted by molar-refractivity contribution is 1.22. The van der Waals surface area contributed by atoms with Crippen LogP contribution in [0.5, 0.6) is 0 Å². The number of hydrogen-bond donors (Lipinski definition) is 1. The van der Waals surface area contributed by atoms with Crippen LogP contribution in [-0.2, 0) is 0 Å². The molecule has 1 aromatic rings. The Labute approximate surface area is 93.2 Å². The third-order valence-corrected chi connectivity index (χ3v) is 2.47. The second-order valence-corrected chi connectivity index (χ2v) is 4.44. The van der Waals surface area contributed by atoms with E-state index in [1.807, 2.05) is 0 Å². The third kappa shape index (κ3) is 3.43. The first-order chi connectivity index (χ1) is 7.00. The third-order valence-electron chi connectivity index (χ3n) is 2.47. The molecule has 0 saturated heterocycles. The van der Waals surface area contributed by atoms with Crippen molar-refractivity contribution in [3.63, 3.8) is 0 Å². The maximum absolute atomic E-state index is 3.46. The first kappa shape index (κ1) is 11.8. The van der Waals surface area contributed by atoms with E-state index in [4.69, 9.17) is 0 Å². The maximum Gasteiger partial charge on any atom is 0.0402 e. The summed E-state index contributed by atoms with van der Waals surface area (Å²) < 4.78 is 0. The zero-order chi connectivity index (χ0) is 11.4. The molecule has 1 rings (SSSR count). The van der Waals surface area contributed by atoms with Crippen molar-refractivity contribution in [3.05, 3.63) is 40.5 Å². The van der Waals surface area contributed by atoms with Gasteiger partial charge in [-0.2, -0.15) is 0 Å². The average molecular weight is 203 g/mol. The molecule has 1 aromatic carbocycles. The van der Waals surface area contributed by atoms with Crippen LogP contribution >= 0.6 is 0 Å². The Hall–Kier alpha value is -1.24. The van der Waals surface area contributed by atoms with Crippen LogP contribution in [0.1, 0.15) is 30.5 Å². The van der Waals surface area contributed by atoms with Crippen molar-refractivity contribution in [2.75, 3.05) is 11.9 Å². The summed E-state index contributed by atoms with van der Waals surface area (Å²) in [6.07, 6.45) is 2.21. The fourth-order valence-corrected chi connectivity index (χ4v) is 1.82. The molecule has 0 aromatic heterocycles. The molecule has 0 spiro atoms.